The number of amides is 1. The van der Waals surface area contributed by atoms with Crippen LogP contribution in [0.1, 0.15) is 11.1 Å². The summed E-state index contributed by atoms with van der Waals surface area (Å²) in [5, 5.41) is 0.978. The topological polar surface area (TPSA) is 67.6 Å². The van der Waals surface area contributed by atoms with E-state index in [2.05, 4.69) is 0 Å². The predicted molar refractivity (Wildman–Crippen MR) is 86.9 cm³/mol. The number of carbonyl (C=O) groups is 1. The van der Waals surface area contributed by atoms with E-state index in [0.717, 1.165) is 22.1 Å². The highest BCUT2D eigenvalue weighted by Crippen LogP contribution is 2.33. The molecule has 2 aliphatic rings. The molecule has 2 saturated heterocycles. The fourth-order valence-electron chi connectivity index (χ4n) is 3.84. The Morgan fingerprint density at radius 1 is 1.26 bits per heavy atom. The zero-order valence-corrected chi connectivity index (χ0v) is 13.8. The van der Waals surface area contributed by atoms with E-state index < -0.39 is 9.84 Å². The van der Waals surface area contributed by atoms with E-state index in [0.29, 0.717) is 19.5 Å². The molecule has 0 spiro atoms. The lowest BCUT2D eigenvalue weighted by molar-refractivity contribution is -0.129. The second-order valence-electron chi connectivity index (χ2n) is 6.83. The Hall–Kier alpha value is -1.82. The van der Waals surface area contributed by atoms with Gasteiger partial charge in [0.1, 0.15) is 5.58 Å². The maximum Gasteiger partial charge on any atom is 0.227 e. The van der Waals surface area contributed by atoms with Crippen molar-refractivity contribution in [2.75, 3.05) is 24.6 Å². The maximum absolute atomic E-state index is 12.6. The van der Waals surface area contributed by atoms with Gasteiger partial charge in [-0.1, -0.05) is 12.1 Å². The molecule has 0 unspecified atom stereocenters. The average Bonchev–Trinajstić information content (AvgIpc) is 3.09. The minimum atomic E-state index is -2.89. The molecule has 1 amide bonds. The van der Waals surface area contributed by atoms with E-state index in [1.165, 1.54) is 0 Å². The summed E-state index contributed by atoms with van der Waals surface area (Å²) in [4.78, 5) is 14.4. The Balaban J connectivity index is 1.48. The van der Waals surface area contributed by atoms with Crippen molar-refractivity contribution in [3.63, 3.8) is 0 Å². The Kier molecular flexibility index (Phi) is 3.27. The molecule has 0 bridgehead atoms. The number of hydrogen-bond donors (Lipinski definition) is 0. The second-order valence-corrected chi connectivity index (χ2v) is 8.99. The molecule has 0 saturated carbocycles. The summed E-state index contributed by atoms with van der Waals surface area (Å²) >= 11 is 0. The molecule has 1 aromatic heterocycles. The lowest BCUT2D eigenvalue weighted by Crippen LogP contribution is -2.32. The van der Waals surface area contributed by atoms with Crippen molar-refractivity contribution in [1.29, 1.82) is 0 Å². The molecule has 0 radical (unpaired) electrons. The number of likely N-dealkylation sites (tertiary alicyclic amines) is 1. The number of furan rings is 1. The summed E-state index contributed by atoms with van der Waals surface area (Å²) in [5.41, 5.74) is 2.82. The summed E-state index contributed by atoms with van der Waals surface area (Å²) in [6.07, 6.45) is 1.96. The van der Waals surface area contributed by atoms with Gasteiger partial charge in [0.05, 0.1) is 24.2 Å². The molecule has 3 heterocycles. The normalized spacial score (nSPS) is 25.9. The van der Waals surface area contributed by atoms with Crippen LogP contribution in [0.25, 0.3) is 11.0 Å². The molecule has 5 nitrogen and oxygen atoms in total. The largest absolute Gasteiger partial charge is 0.464 e. The standard InChI is InChI=1S/C17H19NO4S/c1-11-2-3-15-12(8-22-16(15)4-11)5-17(19)18-6-13-9-23(20,21)10-14(13)7-18/h2-4,8,13-14H,5-7,9-10H2,1H3/t13-,14+. The molecule has 6 heteroatoms. The van der Waals surface area contributed by atoms with Crippen molar-refractivity contribution in [3.8, 4) is 0 Å². The van der Waals surface area contributed by atoms with Gasteiger partial charge in [-0.15, -0.1) is 0 Å². The van der Waals surface area contributed by atoms with E-state index >= 15 is 0 Å². The van der Waals surface area contributed by atoms with Crippen LogP contribution in [0.2, 0.25) is 0 Å². The summed E-state index contributed by atoms with van der Waals surface area (Å²) in [6.45, 7) is 3.14. The van der Waals surface area contributed by atoms with Crippen LogP contribution in [-0.4, -0.2) is 43.8 Å². The van der Waals surface area contributed by atoms with Gasteiger partial charge in [-0.3, -0.25) is 4.79 Å². The van der Waals surface area contributed by atoms with Crippen LogP contribution < -0.4 is 0 Å². The zero-order chi connectivity index (χ0) is 16.2. The fourth-order valence-corrected chi connectivity index (χ4v) is 6.04. The van der Waals surface area contributed by atoms with Gasteiger partial charge in [-0.25, -0.2) is 8.42 Å². The Bertz CT molecular complexity index is 863. The molecule has 23 heavy (non-hydrogen) atoms. The molecular weight excluding hydrogens is 314 g/mol. The van der Waals surface area contributed by atoms with E-state index in [1.54, 1.807) is 6.26 Å². The lowest BCUT2D eigenvalue weighted by atomic mass is 10.0. The van der Waals surface area contributed by atoms with Gasteiger partial charge in [-0.05, 0) is 30.4 Å². The molecule has 2 fully saturated rings. The number of fused-ring (bicyclic) bond motifs is 2. The van der Waals surface area contributed by atoms with Crippen molar-refractivity contribution < 1.29 is 17.6 Å². The Labute approximate surface area is 135 Å². The summed E-state index contributed by atoms with van der Waals surface area (Å²) in [7, 11) is -2.89. The number of rotatable bonds is 2. The van der Waals surface area contributed by atoms with Crippen LogP contribution in [0.3, 0.4) is 0 Å². The highest BCUT2D eigenvalue weighted by atomic mass is 32.2. The fraction of sp³-hybridized carbons (Fsp3) is 0.471. The third kappa shape index (κ3) is 2.65. The highest BCUT2D eigenvalue weighted by molar-refractivity contribution is 7.91. The number of aryl methyl sites for hydroxylation is 1. The van der Waals surface area contributed by atoms with E-state index in [4.69, 9.17) is 4.42 Å². The monoisotopic (exact) mass is 333 g/mol. The summed E-state index contributed by atoms with van der Waals surface area (Å²) in [5.74, 6) is 0.755. The minimum absolute atomic E-state index is 0.0556. The number of benzene rings is 1. The minimum Gasteiger partial charge on any atom is -0.464 e. The second kappa shape index (κ2) is 5.09. The first-order valence-corrected chi connectivity index (χ1v) is 9.68. The first kappa shape index (κ1) is 14.8. The first-order valence-electron chi connectivity index (χ1n) is 7.86. The summed E-state index contributed by atoms with van der Waals surface area (Å²) in [6, 6.07) is 5.97. The predicted octanol–water partition coefficient (Wildman–Crippen LogP) is 1.79. The van der Waals surface area contributed by atoms with E-state index in [9.17, 15) is 13.2 Å². The molecule has 2 aromatic rings. The van der Waals surface area contributed by atoms with Gasteiger partial charge in [0.2, 0.25) is 5.91 Å². The SMILES string of the molecule is Cc1ccc2c(CC(=O)N3C[C@@H]4CS(=O)(=O)C[C@@H]4C3)coc2c1. The van der Waals surface area contributed by atoms with Crippen molar-refractivity contribution in [2.24, 2.45) is 11.8 Å². The van der Waals surface area contributed by atoms with Crippen molar-refractivity contribution >= 4 is 26.7 Å². The van der Waals surface area contributed by atoms with Gasteiger partial charge in [0.25, 0.3) is 0 Å². The Morgan fingerprint density at radius 3 is 2.65 bits per heavy atom. The Morgan fingerprint density at radius 2 is 1.96 bits per heavy atom. The average molecular weight is 333 g/mol. The molecule has 1 aromatic carbocycles. The lowest BCUT2D eigenvalue weighted by Gasteiger charge is -2.17. The molecule has 0 N–H and O–H groups in total. The number of hydrogen-bond acceptors (Lipinski definition) is 4. The molecule has 4 rings (SSSR count). The third-order valence-corrected chi connectivity index (χ3v) is 6.89. The molecule has 2 aliphatic heterocycles. The smallest absolute Gasteiger partial charge is 0.227 e. The highest BCUT2D eigenvalue weighted by Gasteiger charge is 2.44. The van der Waals surface area contributed by atoms with Gasteiger partial charge < -0.3 is 9.32 Å². The molecule has 122 valence electrons. The molecule has 0 aliphatic carbocycles. The van der Waals surface area contributed by atoms with E-state index in [-0.39, 0.29) is 29.2 Å². The zero-order valence-electron chi connectivity index (χ0n) is 13.0. The number of nitrogens with zero attached hydrogens (tertiary/aromatic N) is 1. The van der Waals surface area contributed by atoms with Crippen LogP contribution in [0.4, 0.5) is 0 Å². The van der Waals surface area contributed by atoms with Crippen LogP contribution >= 0.6 is 0 Å². The van der Waals surface area contributed by atoms with E-state index in [1.807, 2.05) is 30.0 Å². The quantitative estimate of drug-likeness (QED) is 0.840. The maximum atomic E-state index is 12.6. The van der Waals surface area contributed by atoms with Gasteiger partial charge >= 0.3 is 0 Å². The van der Waals surface area contributed by atoms with Crippen LogP contribution in [0.5, 0.6) is 0 Å². The molecule has 2 atom stereocenters. The first-order chi connectivity index (χ1) is 10.9. The van der Waals surface area contributed by atoms with Crippen LogP contribution in [-0.2, 0) is 21.1 Å². The van der Waals surface area contributed by atoms with Gasteiger partial charge in [0.15, 0.2) is 9.84 Å². The van der Waals surface area contributed by atoms with Gasteiger partial charge in [0, 0.05) is 24.0 Å². The van der Waals surface area contributed by atoms with Crippen molar-refractivity contribution in [3.05, 3.63) is 35.6 Å². The summed E-state index contributed by atoms with van der Waals surface area (Å²) < 4.78 is 28.8. The van der Waals surface area contributed by atoms with Crippen molar-refractivity contribution in [2.45, 2.75) is 13.3 Å². The van der Waals surface area contributed by atoms with Crippen molar-refractivity contribution in [1.82, 2.24) is 4.90 Å². The van der Waals surface area contributed by atoms with Crippen LogP contribution in [0.15, 0.2) is 28.9 Å². The molecular formula is C17H19NO4S. The van der Waals surface area contributed by atoms with Gasteiger partial charge in [-0.2, -0.15) is 0 Å². The number of sulfone groups is 1. The number of carbonyl (C=O) groups excluding carboxylic acids is 1. The van der Waals surface area contributed by atoms with Crippen LogP contribution in [0, 0.1) is 18.8 Å². The third-order valence-electron chi connectivity index (χ3n) is 5.02.